The van der Waals surface area contributed by atoms with E-state index in [9.17, 15) is 0 Å². The maximum Gasteiger partial charge on any atom is 0.159 e. The second-order valence-electron chi connectivity index (χ2n) is 11.3. The molecule has 0 aliphatic heterocycles. The quantitative estimate of drug-likeness (QED) is 0.199. The molecule has 0 radical (unpaired) electrons. The van der Waals surface area contributed by atoms with Crippen molar-refractivity contribution in [2.24, 2.45) is 0 Å². The van der Waals surface area contributed by atoms with Crippen LogP contribution >= 0.6 is 0 Å². The van der Waals surface area contributed by atoms with Gasteiger partial charge in [0.25, 0.3) is 0 Å². The summed E-state index contributed by atoms with van der Waals surface area (Å²) in [5, 5.41) is 9.70. The molecule has 0 aliphatic carbocycles. The van der Waals surface area contributed by atoms with Crippen molar-refractivity contribution in [2.75, 3.05) is 4.90 Å². The lowest BCUT2D eigenvalue weighted by atomic mass is 9.95. The summed E-state index contributed by atoms with van der Waals surface area (Å²) in [4.78, 5) is 2.36. The molecule has 0 N–H and O–H groups in total. The minimum Gasteiger partial charge on any atom is -0.454 e. The second-order valence-corrected chi connectivity index (χ2v) is 11.3. The number of fused-ring (bicyclic) bond motifs is 8. The predicted octanol–water partition coefficient (Wildman–Crippen LogP) is 12.2. The largest absolute Gasteiger partial charge is 0.454 e. The molecule has 0 saturated heterocycles. The standard InChI is InChI=1S/C42H27NO/c1-2-10-28(11-3-1)29-22-25-32(26-23-29)43(39-18-9-16-37-35-14-6-7-19-40(35)44-42(37)39)38-17-8-15-36-34(38)27-24-31-21-20-30-12-4-5-13-33(30)41(31)36/h1-27H. The minimum atomic E-state index is 0.879. The fourth-order valence-corrected chi connectivity index (χ4v) is 6.79. The van der Waals surface area contributed by atoms with Crippen LogP contribution in [0.25, 0.3) is 65.4 Å². The second kappa shape index (κ2) is 9.86. The van der Waals surface area contributed by atoms with Crippen LogP contribution < -0.4 is 4.90 Å². The van der Waals surface area contributed by atoms with Crippen LogP contribution in [0.3, 0.4) is 0 Å². The van der Waals surface area contributed by atoms with E-state index in [-0.39, 0.29) is 0 Å². The van der Waals surface area contributed by atoms with Gasteiger partial charge >= 0.3 is 0 Å². The number of benzene rings is 8. The van der Waals surface area contributed by atoms with Crippen molar-refractivity contribution < 1.29 is 4.42 Å². The van der Waals surface area contributed by atoms with Crippen LogP contribution in [0.5, 0.6) is 0 Å². The maximum absolute atomic E-state index is 6.60. The van der Waals surface area contributed by atoms with Crippen LogP contribution in [0, 0.1) is 0 Å². The summed E-state index contributed by atoms with van der Waals surface area (Å²) in [6, 6.07) is 58.5. The fourth-order valence-electron chi connectivity index (χ4n) is 6.79. The third-order valence-electron chi connectivity index (χ3n) is 8.84. The molecule has 44 heavy (non-hydrogen) atoms. The normalized spacial score (nSPS) is 11.6. The highest BCUT2D eigenvalue weighted by molar-refractivity contribution is 6.22. The van der Waals surface area contributed by atoms with Gasteiger partial charge in [0.1, 0.15) is 5.58 Å². The van der Waals surface area contributed by atoms with E-state index in [1.54, 1.807) is 0 Å². The SMILES string of the molecule is c1ccc(-c2ccc(N(c3cccc4c3ccc3ccc5ccccc5c34)c3cccc4c3oc3ccccc34)cc2)cc1. The van der Waals surface area contributed by atoms with Crippen LogP contribution in [0.4, 0.5) is 17.1 Å². The van der Waals surface area contributed by atoms with Crippen molar-refractivity contribution in [2.45, 2.75) is 0 Å². The van der Waals surface area contributed by atoms with Gasteiger partial charge in [0.05, 0.1) is 11.4 Å². The van der Waals surface area contributed by atoms with Crippen molar-refractivity contribution >= 4 is 71.3 Å². The van der Waals surface area contributed by atoms with E-state index >= 15 is 0 Å². The van der Waals surface area contributed by atoms with Gasteiger partial charge in [-0.1, -0.05) is 133 Å². The number of rotatable bonds is 4. The number of para-hydroxylation sites is 2. The molecule has 206 valence electrons. The molecule has 0 fully saturated rings. The first-order valence-electron chi connectivity index (χ1n) is 15.0. The zero-order valence-corrected chi connectivity index (χ0v) is 23.9. The molecule has 0 saturated carbocycles. The molecule has 0 spiro atoms. The van der Waals surface area contributed by atoms with Gasteiger partial charge in [-0.25, -0.2) is 0 Å². The molecule has 0 atom stereocenters. The molecule has 2 heteroatoms. The molecule has 0 aliphatic rings. The molecular formula is C42H27NO. The lowest BCUT2D eigenvalue weighted by molar-refractivity contribution is 0.669. The summed E-state index contributed by atoms with van der Waals surface area (Å²) < 4.78 is 6.60. The Labute approximate surface area is 255 Å². The Kier molecular flexibility index (Phi) is 5.54. The monoisotopic (exact) mass is 561 g/mol. The van der Waals surface area contributed by atoms with Gasteiger partial charge in [-0.2, -0.15) is 0 Å². The average molecular weight is 562 g/mol. The third kappa shape index (κ3) is 3.82. The summed E-state index contributed by atoms with van der Waals surface area (Å²) in [6.07, 6.45) is 0. The third-order valence-corrected chi connectivity index (χ3v) is 8.84. The van der Waals surface area contributed by atoms with Gasteiger partial charge in [-0.05, 0) is 68.4 Å². The van der Waals surface area contributed by atoms with Crippen LogP contribution in [0.15, 0.2) is 168 Å². The summed E-state index contributed by atoms with van der Waals surface area (Å²) in [5.41, 5.74) is 7.35. The van der Waals surface area contributed by atoms with Gasteiger partial charge in [0.2, 0.25) is 0 Å². The van der Waals surface area contributed by atoms with Gasteiger partial charge in [-0.3, -0.25) is 0 Å². The van der Waals surface area contributed by atoms with E-state index < -0.39 is 0 Å². The number of anilines is 3. The van der Waals surface area contributed by atoms with Gasteiger partial charge < -0.3 is 9.32 Å². The van der Waals surface area contributed by atoms with E-state index in [2.05, 4.69) is 157 Å². The molecule has 1 heterocycles. The Bertz CT molecular complexity index is 2490. The molecular weight excluding hydrogens is 534 g/mol. The van der Waals surface area contributed by atoms with E-state index in [1.807, 2.05) is 12.1 Å². The van der Waals surface area contributed by atoms with E-state index in [0.29, 0.717) is 0 Å². The predicted molar refractivity (Wildman–Crippen MR) is 186 cm³/mol. The zero-order valence-electron chi connectivity index (χ0n) is 23.9. The highest BCUT2D eigenvalue weighted by Gasteiger charge is 2.21. The Hall–Kier alpha value is -5.86. The number of nitrogens with zero attached hydrogens (tertiary/aromatic N) is 1. The summed E-state index contributed by atoms with van der Waals surface area (Å²) in [6.45, 7) is 0. The molecule has 9 aromatic rings. The molecule has 2 nitrogen and oxygen atoms in total. The summed E-state index contributed by atoms with van der Waals surface area (Å²) >= 11 is 0. The van der Waals surface area contributed by atoms with E-state index in [1.165, 1.54) is 43.4 Å². The first-order valence-corrected chi connectivity index (χ1v) is 15.0. The van der Waals surface area contributed by atoms with Gasteiger partial charge in [0.15, 0.2) is 5.58 Å². The van der Waals surface area contributed by atoms with Crippen LogP contribution in [-0.4, -0.2) is 0 Å². The van der Waals surface area contributed by atoms with Crippen molar-refractivity contribution in [1.82, 2.24) is 0 Å². The van der Waals surface area contributed by atoms with Gasteiger partial charge in [-0.15, -0.1) is 0 Å². The fraction of sp³-hybridized carbons (Fsp3) is 0. The Balaban J connectivity index is 1.34. The van der Waals surface area contributed by atoms with Crippen LogP contribution in [0.1, 0.15) is 0 Å². The Morgan fingerprint density at radius 1 is 0.364 bits per heavy atom. The molecule has 0 unspecified atom stereocenters. The Morgan fingerprint density at radius 2 is 1.00 bits per heavy atom. The van der Waals surface area contributed by atoms with Crippen molar-refractivity contribution in [3.8, 4) is 11.1 Å². The number of hydrogen-bond donors (Lipinski definition) is 0. The zero-order chi connectivity index (χ0) is 29.0. The van der Waals surface area contributed by atoms with Crippen LogP contribution in [0.2, 0.25) is 0 Å². The number of hydrogen-bond acceptors (Lipinski definition) is 2. The lowest BCUT2D eigenvalue weighted by Crippen LogP contribution is -2.10. The highest BCUT2D eigenvalue weighted by atomic mass is 16.3. The molecule has 1 aromatic heterocycles. The van der Waals surface area contributed by atoms with E-state index in [0.717, 1.165) is 39.0 Å². The first-order chi connectivity index (χ1) is 21.8. The molecule has 8 aromatic carbocycles. The van der Waals surface area contributed by atoms with Crippen molar-refractivity contribution in [1.29, 1.82) is 0 Å². The number of furan rings is 1. The smallest absolute Gasteiger partial charge is 0.159 e. The van der Waals surface area contributed by atoms with Crippen molar-refractivity contribution in [3.63, 3.8) is 0 Å². The molecule has 0 bridgehead atoms. The topological polar surface area (TPSA) is 16.4 Å². The average Bonchev–Trinajstić information content (AvgIpc) is 3.48. The summed E-state index contributed by atoms with van der Waals surface area (Å²) in [7, 11) is 0. The minimum absolute atomic E-state index is 0.879. The molecule has 0 amide bonds. The Morgan fingerprint density at radius 3 is 1.86 bits per heavy atom. The van der Waals surface area contributed by atoms with Crippen molar-refractivity contribution in [3.05, 3.63) is 164 Å². The summed E-state index contributed by atoms with van der Waals surface area (Å²) in [5.74, 6) is 0. The van der Waals surface area contributed by atoms with Gasteiger partial charge in [0, 0.05) is 21.8 Å². The lowest BCUT2D eigenvalue weighted by Gasteiger charge is -2.27. The first kappa shape index (κ1) is 24.7. The maximum atomic E-state index is 6.60. The van der Waals surface area contributed by atoms with Crippen LogP contribution in [-0.2, 0) is 0 Å². The van der Waals surface area contributed by atoms with E-state index in [4.69, 9.17) is 4.42 Å². The highest BCUT2D eigenvalue weighted by Crippen LogP contribution is 2.45. The molecule has 9 rings (SSSR count).